The molecule has 3 heteroatoms. The first-order valence-electron chi connectivity index (χ1n) is 8.10. The van der Waals surface area contributed by atoms with Crippen LogP contribution in [0.2, 0.25) is 5.02 Å². The third kappa shape index (κ3) is 4.25. The molecule has 0 unspecified atom stereocenters. The molecule has 116 valence electrons. The van der Waals surface area contributed by atoms with Crippen molar-refractivity contribution in [3.05, 3.63) is 64.7 Å². The monoisotopic (exact) mass is 314 g/mol. The molecule has 3 rings (SSSR count). The van der Waals surface area contributed by atoms with Crippen molar-refractivity contribution >= 4 is 17.3 Å². The zero-order chi connectivity index (χ0) is 15.2. The molecule has 0 aromatic heterocycles. The quantitative estimate of drug-likeness (QED) is 0.866. The van der Waals surface area contributed by atoms with Crippen LogP contribution < -0.4 is 10.2 Å². The SMILES string of the molecule is Clc1ccc(CNCc2ccc(N3CCCCC3)cc2)cc1. The van der Waals surface area contributed by atoms with Crippen LogP contribution in [0.5, 0.6) is 0 Å². The number of anilines is 1. The van der Waals surface area contributed by atoms with Crippen molar-refractivity contribution in [3.63, 3.8) is 0 Å². The van der Waals surface area contributed by atoms with Gasteiger partial charge in [-0.3, -0.25) is 0 Å². The maximum atomic E-state index is 5.90. The maximum Gasteiger partial charge on any atom is 0.0406 e. The molecule has 0 atom stereocenters. The number of nitrogens with one attached hydrogen (secondary N) is 1. The molecule has 1 fully saturated rings. The molecular weight excluding hydrogens is 292 g/mol. The Morgan fingerprint density at radius 2 is 1.32 bits per heavy atom. The summed E-state index contributed by atoms with van der Waals surface area (Å²) in [6.07, 6.45) is 4.03. The number of hydrogen-bond acceptors (Lipinski definition) is 2. The van der Waals surface area contributed by atoms with Crippen LogP contribution in [0.1, 0.15) is 30.4 Å². The van der Waals surface area contributed by atoms with Gasteiger partial charge in [-0.05, 0) is 54.7 Å². The molecule has 0 spiro atoms. The van der Waals surface area contributed by atoms with Crippen LogP contribution in [0.15, 0.2) is 48.5 Å². The van der Waals surface area contributed by atoms with E-state index < -0.39 is 0 Å². The van der Waals surface area contributed by atoms with Gasteiger partial charge in [0.05, 0.1) is 0 Å². The van der Waals surface area contributed by atoms with Gasteiger partial charge in [0.2, 0.25) is 0 Å². The second-order valence-corrected chi connectivity index (χ2v) is 6.38. The first-order valence-corrected chi connectivity index (χ1v) is 8.48. The molecule has 0 aliphatic carbocycles. The van der Waals surface area contributed by atoms with Crippen molar-refractivity contribution in [2.24, 2.45) is 0 Å². The predicted molar refractivity (Wildman–Crippen MR) is 94.5 cm³/mol. The summed E-state index contributed by atoms with van der Waals surface area (Å²) >= 11 is 5.90. The summed E-state index contributed by atoms with van der Waals surface area (Å²) in [5.74, 6) is 0. The Bertz CT molecular complexity index is 571. The highest BCUT2D eigenvalue weighted by atomic mass is 35.5. The van der Waals surface area contributed by atoms with Crippen LogP contribution >= 0.6 is 11.6 Å². The van der Waals surface area contributed by atoms with Crippen LogP contribution in [0.3, 0.4) is 0 Å². The zero-order valence-corrected chi connectivity index (χ0v) is 13.6. The van der Waals surface area contributed by atoms with Gasteiger partial charge >= 0.3 is 0 Å². The van der Waals surface area contributed by atoms with Crippen molar-refractivity contribution < 1.29 is 0 Å². The van der Waals surface area contributed by atoms with Gasteiger partial charge in [-0.15, -0.1) is 0 Å². The van der Waals surface area contributed by atoms with E-state index in [-0.39, 0.29) is 0 Å². The third-order valence-electron chi connectivity index (χ3n) is 4.23. The average Bonchev–Trinajstić information content (AvgIpc) is 2.58. The molecule has 1 saturated heterocycles. The van der Waals surface area contributed by atoms with Gasteiger partial charge < -0.3 is 10.2 Å². The summed E-state index contributed by atoms with van der Waals surface area (Å²) in [6.45, 7) is 4.16. The highest BCUT2D eigenvalue weighted by molar-refractivity contribution is 6.30. The van der Waals surface area contributed by atoms with Crippen molar-refractivity contribution in [2.75, 3.05) is 18.0 Å². The molecular formula is C19H23ClN2. The molecule has 1 heterocycles. The van der Waals surface area contributed by atoms with E-state index in [2.05, 4.69) is 46.6 Å². The van der Waals surface area contributed by atoms with E-state index in [1.807, 2.05) is 12.1 Å². The normalized spacial score (nSPS) is 15.0. The Kier molecular flexibility index (Phi) is 5.36. The Morgan fingerprint density at radius 3 is 1.91 bits per heavy atom. The van der Waals surface area contributed by atoms with Gasteiger partial charge in [0.25, 0.3) is 0 Å². The molecule has 0 amide bonds. The first kappa shape index (κ1) is 15.4. The summed E-state index contributed by atoms with van der Waals surface area (Å²) in [4.78, 5) is 2.49. The lowest BCUT2D eigenvalue weighted by Gasteiger charge is -2.28. The number of benzene rings is 2. The second-order valence-electron chi connectivity index (χ2n) is 5.94. The van der Waals surface area contributed by atoms with Crippen LogP contribution in [-0.4, -0.2) is 13.1 Å². The molecule has 1 aliphatic heterocycles. The topological polar surface area (TPSA) is 15.3 Å². The van der Waals surface area contributed by atoms with Crippen molar-refractivity contribution in [1.29, 1.82) is 0 Å². The molecule has 0 bridgehead atoms. The average molecular weight is 315 g/mol. The zero-order valence-electron chi connectivity index (χ0n) is 12.9. The summed E-state index contributed by atoms with van der Waals surface area (Å²) in [6, 6.07) is 17.0. The summed E-state index contributed by atoms with van der Waals surface area (Å²) < 4.78 is 0. The van der Waals surface area contributed by atoms with Gasteiger partial charge in [-0.2, -0.15) is 0 Å². The molecule has 2 aromatic rings. The molecule has 2 nitrogen and oxygen atoms in total. The molecule has 0 radical (unpaired) electrons. The number of hydrogen-bond donors (Lipinski definition) is 1. The van der Waals surface area contributed by atoms with Crippen LogP contribution in [0.25, 0.3) is 0 Å². The molecule has 1 N–H and O–H groups in total. The van der Waals surface area contributed by atoms with E-state index in [1.54, 1.807) is 0 Å². The molecule has 2 aromatic carbocycles. The fourth-order valence-corrected chi connectivity index (χ4v) is 3.06. The summed E-state index contributed by atoms with van der Waals surface area (Å²) in [5.41, 5.74) is 3.95. The summed E-state index contributed by atoms with van der Waals surface area (Å²) in [7, 11) is 0. The lowest BCUT2D eigenvalue weighted by molar-refractivity contribution is 0.578. The highest BCUT2D eigenvalue weighted by Crippen LogP contribution is 2.20. The van der Waals surface area contributed by atoms with E-state index in [0.29, 0.717) is 0 Å². The van der Waals surface area contributed by atoms with Gasteiger partial charge in [0.1, 0.15) is 0 Å². The lowest BCUT2D eigenvalue weighted by Crippen LogP contribution is -2.29. The van der Waals surface area contributed by atoms with Gasteiger partial charge in [0, 0.05) is 36.9 Å². The molecule has 22 heavy (non-hydrogen) atoms. The lowest BCUT2D eigenvalue weighted by atomic mass is 10.1. The smallest absolute Gasteiger partial charge is 0.0406 e. The Morgan fingerprint density at radius 1 is 0.773 bits per heavy atom. The molecule has 1 aliphatic rings. The fourth-order valence-electron chi connectivity index (χ4n) is 2.93. The van der Waals surface area contributed by atoms with Crippen LogP contribution in [-0.2, 0) is 13.1 Å². The van der Waals surface area contributed by atoms with Crippen LogP contribution in [0, 0.1) is 0 Å². The van der Waals surface area contributed by atoms with Crippen molar-refractivity contribution in [2.45, 2.75) is 32.4 Å². The van der Waals surface area contributed by atoms with E-state index in [9.17, 15) is 0 Å². The number of nitrogens with zero attached hydrogens (tertiary/aromatic N) is 1. The van der Waals surface area contributed by atoms with Gasteiger partial charge in [-0.1, -0.05) is 35.9 Å². The standard InChI is InChI=1S/C19H23ClN2/c20-18-8-4-16(5-9-18)14-21-15-17-6-10-19(11-7-17)22-12-2-1-3-13-22/h4-11,21H,1-3,12-15H2. The van der Waals surface area contributed by atoms with Gasteiger partial charge in [0.15, 0.2) is 0 Å². The second kappa shape index (κ2) is 7.66. The fraction of sp³-hybridized carbons (Fsp3) is 0.368. The van der Waals surface area contributed by atoms with Crippen LogP contribution in [0.4, 0.5) is 5.69 Å². The minimum Gasteiger partial charge on any atom is -0.372 e. The maximum absolute atomic E-state index is 5.90. The highest BCUT2D eigenvalue weighted by Gasteiger charge is 2.10. The van der Waals surface area contributed by atoms with Crippen molar-refractivity contribution in [1.82, 2.24) is 5.32 Å². The minimum absolute atomic E-state index is 0.789. The van der Waals surface area contributed by atoms with E-state index in [0.717, 1.165) is 18.1 Å². The largest absolute Gasteiger partial charge is 0.372 e. The van der Waals surface area contributed by atoms with Crippen molar-refractivity contribution in [3.8, 4) is 0 Å². The third-order valence-corrected chi connectivity index (χ3v) is 4.48. The van der Waals surface area contributed by atoms with Gasteiger partial charge in [-0.25, -0.2) is 0 Å². The van der Waals surface area contributed by atoms with E-state index in [1.165, 1.54) is 49.2 Å². The number of rotatable bonds is 5. The Labute approximate surface area is 138 Å². The first-order chi connectivity index (χ1) is 10.8. The molecule has 0 saturated carbocycles. The van der Waals surface area contributed by atoms with E-state index >= 15 is 0 Å². The Hall–Kier alpha value is -1.51. The number of halogens is 1. The minimum atomic E-state index is 0.789. The Balaban J connectivity index is 1.49. The predicted octanol–water partition coefficient (Wildman–Crippen LogP) is 4.62. The number of piperidine rings is 1. The van der Waals surface area contributed by atoms with E-state index in [4.69, 9.17) is 11.6 Å². The summed E-state index contributed by atoms with van der Waals surface area (Å²) in [5, 5.41) is 4.27.